The van der Waals surface area contributed by atoms with Gasteiger partial charge in [-0.05, 0) is 133 Å². The van der Waals surface area contributed by atoms with E-state index in [0.29, 0.717) is 0 Å². The zero-order valence-corrected chi connectivity index (χ0v) is 45.9. The monoisotopic (exact) mass is 1060 g/mol. The van der Waals surface area contributed by atoms with E-state index in [9.17, 15) is 0 Å². The maximum Gasteiger partial charge on any atom is 0.179 e. The number of hydrogen-bond donors (Lipinski definition) is 0. The Kier molecular flexibility index (Phi) is 11.2. The average molecular weight is 1060 g/mol. The van der Waals surface area contributed by atoms with Crippen LogP contribution >= 0.6 is 0 Å². The maximum absolute atomic E-state index is 2.65. The van der Waals surface area contributed by atoms with E-state index >= 15 is 0 Å². The van der Waals surface area contributed by atoms with Gasteiger partial charge in [-0.2, -0.15) is 0 Å². The van der Waals surface area contributed by atoms with Crippen LogP contribution in [-0.2, 0) is 0 Å². The molecule has 0 radical (unpaired) electrons. The molecule has 4 heteroatoms. The molecule has 0 aliphatic rings. The molecule has 16 rings (SSSR count). The topological polar surface area (TPSA) is 12.6 Å². The molecule has 0 atom stereocenters. The Bertz CT molecular complexity index is 4820. The van der Waals surface area contributed by atoms with E-state index in [1.54, 1.807) is 0 Å². The molecule has 13 aromatic carbocycles. The molecule has 384 valence electrons. The lowest BCUT2D eigenvalue weighted by molar-refractivity contribution is 1.18. The van der Waals surface area contributed by atoms with Crippen LogP contribution in [-0.4, -0.2) is 17.0 Å². The van der Waals surface area contributed by atoms with Crippen molar-refractivity contribution in [2.75, 3.05) is 4.90 Å². The van der Waals surface area contributed by atoms with E-state index in [2.05, 4.69) is 335 Å². The minimum Gasteiger partial charge on any atom is -0.311 e. The Morgan fingerprint density at radius 1 is 0.232 bits per heavy atom. The number of fused-ring (bicyclic) bond motifs is 9. The Morgan fingerprint density at radius 3 is 1.04 bits per heavy atom. The van der Waals surface area contributed by atoms with Crippen molar-refractivity contribution in [3.8, 4) is 39.1 Å². The Balaban J connectivity index is 0.756. The molecular weight excluding hydrogens is 1010 g/mol. The first-order valence-corrected chi connectivity index (χ1v) is 30.3. The third-order valence-corrected chi connectivity index (χ3v) is 22.0. The van der Waals surface area contributed by atoms with Gasteiger partial charge in [0, 0.05) is 55.1 Å². The van der Waals surface area contributed by atoms with Gasteiger partial charge in [-0.1, -0.05) is 243 Å². The van der Waals surface area contributed by atoms with Crippen LogP contribution in [0.15, 0.2) is 322 Å². The van der Waals surface area contributed by atoms with Crippen molar-refractivity contribution in [3.63, 3.8) is 0 Å². The molecule has 0 aliphatic carbocycles. The molecule has 3 heterocycles. The average Bonchev–Trinajstić information content (AvgIpc) is 2.42. The maximum atomic E-state index is 2.45. The van der Waals surface area contributed by atoms with Crippen molar-refractivity contribution in [3.05, 3.63) is 322 Å². The van der Waals surface area contributed by atoms with Crippen molar-refractivity contribution in [1.29, 1.82) is 0 Å². The second-order valence-corrected chi connectivity index (χ2v) is 25.4. The van der Waals surface area contributed by atoms with E-state index in [-0.39, 0.29) is 0 Å². The summed E-state index contributed by atoms with van der Waals surface area (Å²) in [5, 5.41) is 13.2. The van der Waals surface area contributed by atoms with Crippen LogP contribution in [0.3, 0.4) is 0 Å². The number of aromatic nitrogens is 2. The van der Waals surface area contributed by atoms with E-state index < -0.39 is 8.07 Å². The molecule has 3 aromatic heterocycles. The smallest absolute Gasteiger partial charge is 0.179 e. The van der Waals surface area contributed by atoms with Crippen LogP contribution in [0.25, 0.3) is 99.0 Å². The van der Waals surface area contributed by atoms with Crippen molar-refractivity contribution in [2.45, 2.75) is 0 Å². The van der Waals surface area contributed by atoms with Crippen molar-refractivity contribution < 1.29 is 0 Å². The summed E-state index contributed by atoms with van der Waals surface area (Å²) in [7, 11) is -2.65. The Labute approximate surface area is 477 Å². The Hall–Kier alpha value is -10.5. The second kappa shape index (κ2) is 19.4. The van der Waals surface area contributed by atoms with Crippen molar-refractivity contribution in [2.24, 2.45) is 0 Å². The third kappa shape index (κ3) is 7.57. The lowest BCUT2D eigenvalue weighted by Crippen LogP contribution is -2.74. The van der Waals surface area contributed by atoms with Gasteiger partial charge in [-0.25, -0.2) is 0 Å². The molecule has 82 heavy (non-hydrogen) atoms. The lowest BCUT2D eigenvalue weighted by Gasteiger charge is -2.34. The fourth-order valence-electron chi connectivity index (χ4n) is 13.4. The molecule has 0 aliphatic heterocycles. The van der Waals surface area contributed by atoms with E-state index in [1.807, 2.05) is 0 Å². The van der Waals surface area contributed by atoms with Crippen LogP contribution in [0, 0.1) is 0 Å². The molecule has 0 amide bonds. The normalized spacial score (nSPS) is 11.9. The zero-order chi connectivity index (χ0) is 54.1. The molecule has 0 bridgehead atoms. The van der Waals surface area contributed by atoms with Gasteiger partial charge in [-0.3, -0.25) is 0 Å². The molecule has 0 spiro atoms. The molecule has 16 aromatic rings. The summed E-state index contributed by atoms with van der Waals surface area (Å²) in [6.07, 6.45) is 0. The number of para-hydroxylation sites is 4. The van der Waals surface area contributed by atoms with Crippen LogP contribution in [0.4, 0.5) is 17.1 Å². The number of benzene rings is 13. The summed E-state index contributed by atoms with van der Waals surface area (Å²) < 4.78 is 4.82. The van der Waals surface area contributed by atoms with Gasteiger partial charge in [0.25, 0.3) is 0 Å². The van der Waals surface area contributed by atoms with Gasteiger partial charge in [0.05, 0.1) is 27.6 Å². The summed E-state index contributed by atoms with van der Waals surface area (Å²) in [5.74, 6) is 0. The van der Waals surface area contributed by atoms with Crippen LogP contribution in [0.2, 0.25) is 0 Å². The molecule has 0 unspecified atom stereocenters. The summed E-state index contributed by atoms with van der Waals surface area (Å²) in [4.78, 5) is 2.38. The van der Waals surface area contributed by atoms with E-state index in [4.69, 9.17) is 0 Å². The summed E-state index contributed by atoms with van der Waals surface area (Å²) in [6, 6.07) is 119. The highest BCUT2D eigenvalue weighted by molar-refractivity contribution is 7.19. The number of hydrogen-bond acceptors (Lipinski definition) is 1. The van der Waals surface area contributed by atoms with Gasteiger partial charge in [-0.15, -0.1) is 0 Å². The largest absolute Gasteiger partial charge is 0.311 e. The van der Waals surface area contributed by atoms with Crippen molar-refractivity contribution >= 4 is 106 Å². The molecule has 3 nitrogen and oxygen atoms in total. The predicted octanol–water partition coefficient (Wildman–Crippen LogP) is 17.8. The van der Waals surface area contributed by atoms with Crippen molar-refractivity contribution in [1.82, 2.24) is 8.97 Å². The zero-order valence-electron chi connectivity index (χ0n) is 44.9. The van der Waals surface area contributed by atoms with Crippen LogP contribution in [0.5, 0.6) is 0 Å². The molecule has 0 saturated carbocycles. The second-order valence-electron chi connectivity index (χ2n) is 21.6. The summed E-state index contributed by atoms with van der Waals surface area (Å²) >= 11 is 0. The third-order valence-electron chi connectivity index (χ3n) is 17.2. The Morgan fingerprint density at radius 2 is 0.561 bits per heavy atom. The first kappa shape index (κ1) is 47.5. The summed E-state index contributed by atoms with van der Waals surface area (Å²) in [5.41, 5.74) is 17.7. The van der Waals surface area contributed by atoms with E-state index in [1.165, 1.54) is 108 Å². The minimum atomic E-state index is -2.65. The highest BCUT2D eigenvalue weighted by Crippen LogP contribution is 2.42. The molecule has 0 saturated heterocycles. The number of anilines is 3. The van der Waals surface area contributed by atoms with Gasteiger partial charge < -0.3 is 13.9 Å². The lowest BCUT2D eigenvalue weighted by atomic mass is 10.0. The molecular formula is C78H53N3Si. The first-order valence-electron chi connectivity index (χ1n) is 28.3. The number of rotatable bonds is 11. The van der Waals surface area contributed by atoms with Gasteiger partial charge in [0.15, 0.2) is 8.07 Å². The highest BCUT2D eigenvalue weighted by atomic mass is 28.3. The van der Waals surface area contributed by atoms with Gasteiger partial charge >= 0.3 is 0 Å². The van der Waals surface area contributed by atoms with Crippen LogP contribution in [0.1, 0.15) is 0 Å². The first-order chi connectivity index (χ1) is 40.7. The fraction of sp³-hybridized carbons (Fsp3) is 0. The van der Waals surface area contributed by atoms with E-state index in [0.717, 1.165) is 28.3 Å². The summed E-state index contributed by atoms with van der Waals surface area (Å²) in [6.45, 7) is 0. The fourth-order valence-corrected chi connectivity index (χ4v) is 18.2. The SMILES string of the molecule is c1ccc([Si](c2ccccc2)(c2ccccc2)c2ccc(-c3ccc(N(c4ccc(-c5ccc(-n6c7ccccc7c7ccccc76)cc5)cc4)c4ccc(-c5ccc6c(c5)c5cccc7c8ccccc8n6c75)cc4)cc3)cc2)cc1. The number of nitrogens with zero attached hydrogens (tertiary/aromatic N) is 3. The highest BCUT2D eigenvalue weighted by Gasteiger charge is 2.41. The van der Waals surface area contributed by atoms with Gasteiger partial charge in [0.1, 0.15) is 0 Å². The standard InChI is InChI=1S/C78H53N3Si/c1-4-17-64(18-5-1)82(65-19-6-2-7-20-65,66-21-8-3-9-22-66)67-50-39-57(40-51-67)56-33-44-61(45-34-56)79(60-42-31-54(32-43-60)55-35-48-63(49-36-55)80-74-28-13-10-23-68(74)69-24-11-14-29-75(69)80)62-46-37-58(38-47-62)59-41-52-77-73(53-59)72-27-16-26-71-70-25-12-15-30-76(70)81(77)78(71)72/h1-53H. The molecule has 0 N–H and O–H groups in total. The quantitative estimate of drug-likeness (QED) is 0.0929. The van der Waals surface area contributed by atoms with Gasteiger partial charge in [0.2, 0.25) is 0 Å². The van der Waals surface area contributed by atoms with Crippen LogP contribution < -0.4 is 25.6 Å². The predicted molar refractivity (Wildman–Crippen MR) is 350 cm³/mol. The minimum absolute atomic E-state index is 1.08. The molecule has 0 fully saturated rings.